The Morgan fingerprint density at radius 3 is 2.75 bits per heavy atom. The van der Waals surface area contributed by atoms with Gasteiger partial charge < -0.3 is 19.4 Å². The van der Waals surface area contributed by atoms with Gasteiger partial charge in [0.05, 0.1) is 24.5 Å². The molecule has 7 heteroatoms. The molecule has 2 amide bonds. The zero-order valence-electron chi connectivity index (χ0n) is 16.2. The molecule has 0 aliphatic carbocycles. The SMILES string of the molecule is CN1CCN(C(=O)[C@H]2[C@@H]3C=C[C@@]4(CN(CCc5ccncc5)C(=O)[C@H]24)O3)CC1. The van der Waals surface area contributed by atoms with Crippen LogP contribution in [0.15, 0.2) is 36.7 Å². The normalized spacial score (nSPS) is 34.3. The van der Waals surface area contributed by atoms with Crippen LogP contribution in [0.2, 0.25) is 0 Å². The van der Waals surface area contributed by atoms with Crippen molar-refractivity contribution in [1.82, 2.24) is 19.7 Å². The van der Waals surface area contributed by atoms with E-state index < -0.39 is 5.60 Å². The first-order valence-corrected chi connectivity index (χ1v) is 10.1. The van der Waals surface area contributed by atoms with Gasteiger partial charge in [0.15, 0.2) is 0 Å². The maximum atomic E-state index is 13.3. The molecule has 0 radical (unpaired) electrons. The minimum Gasteiger partial charge on any atom is -0.360 e. The molecule has 148 valence electrons. The molecular formula is C21H26N4O3. The Morgan fingerprint density at radius 1 is 1.25 bits per heavy atom. The molecule has 4 aliphatic heterocycles. The molecule has 0 unspecified atom stereocenters. The molecule has 1 aromatic rings. The number of likely N-dealkylation sites (tertiary alicyclic amines) is 1. The third-order valence-electron chi connectivity index (χ3n) is 6.70. The van der Waals surface area contributed by atoms with E-state index in [1.54, 1.807) is 12.4 Å². The number of hydrogen-bond acceptors (Lipinski definition) is 5. The van der Waals surface area contributed by atoms with Crippen LogP contribution < -0.4 is 0 Å². The van der Waals surface area contributed by atoms with Crippen LogP contribution in [0, 0.1) is 11.8 Å². The molecule has 1 aromatic heterocycles. The Morgan fingerprint density at radius 2 is 2.00 bits per heavy atom. The Balaban J connectivity index is 1.32. The number of likely N-dealkylation sites (N-methyl/N-ethyl adjacent to an activating group) is 1. The van der Waals surface area contributed by atoms with Crippen molar-refractivity contribution < 1.29 is 14.3 Å². The molecule has 3 saturated heterocycles. The fourth-order valence-electron chi connectivity index (χ4n) is 5.10. The molecule has 4 atom stereocenters. The van der Waals surface area contributed by atoms with Crippen molar-refractivity contribution in [3.63, 3.8) is 0 Å². The topological polar surface area (TPSA) is 66.0 Å². The number of hydrogen-bond donors (Lipinski definition) is 0. The summed E-state index contributed by atoms with van der Waals surface area (Å²) in [6.45, 7) is 4.38. The average molecular weight is 382 g/mol. The number of aromatic nitrogens is 1. The van der Waals surface area contributed by atoms with E-state index in [2.05, 4.69) is 16.9 Å². The molecule has 1 spiro atoms. The second-order valence-electron chi connectivity index (χ2n) is 8.39. The van der Waals surface area contributed by atoms with Crippen molar-refractivity contribution in [1.29, 1.82) is 0 Å². The second-order valence-corrected chi connectivity index (χ2v) is 8.39. The van der Waals surface area contributed by atoms with Gasteiger partial charge in [0.2, 0.25) is 11.8 Å². The summed E-state index contributed by atoms with van der Waals surface area (Å²) in [4.78, 5) is 36.6. The Bertz CT molecular complexity index is 805. The predicted molar refractivity (Wildman–Crippen MR) is 102 cm³/mol. The molecule has 4 aliphatic rings. The van der Waals surface area contributed by atoms with Crippen LogP contribution in [-0.2, 0) is 20.7 Å². The predicted octanol–water partition coefficient (Wildman–Crippen LogP) is 0.180. The van der Waals surface area contributed by atoms with Crippen LogP contribution in [0.1, 0.15) is 5.56 Å². The van der Waals surface area contributed by atoms with Crippen LogP contribution in [-0.4, -0.2) is 89.5 Å². The monoisotopic (exact) mass is 382 g/mol. The maximum absolute atomic E-state index is 13.3. The van der Waals surface area contributed by atoms with E-state index in [0.717, 1.165) is 38.2 Å². The van der Waals surface area contributed by atoms with Gasteiger partial charge in [-0.25, -0.2) is 0 Å². The lowest BCUT2D eigenvalue weighted by Gasteiger charge is -2.35. The Labute approximate surface area is 164 Å². The zero-order valence-corrected chi connectivity index (χ0v) is 16.2. The highest BCUT2D eigenvalue weighted by Crippen LogP contribution is 2.52. The van der Waals surface area contributed by atoms with Gasteiger partial charge in [-0.2, -0.15) is 0 Å². The molecule has 5 heterocycles. The van der Waals surface area contributed by atoms with Crippen molar-refractivity contribution in [2.24, 2.45) is 11.8 Å². The molecule has 3 fully saturated rings. The first-order valence-electron chi connectivity index (χ1n) is 10.1. The number of carbonyl (C=O) groups excluding carboxylic acids is 2. The summed E-state index contributed by atoms with van der Waals surface area (Å²) >= 11 is 0. The number of piperazine rings is 1. The molecule has 5 rings (SSSR count). The van der Waals surface area contributed by atoms with Crippen molar-refractivity contribution in [3.05, 3.63) is 42.2 Å². The van der Waals surface area contributed by atoms with Gasteiger partial charge in [0.1, 0.15) is 5.60 Å². The fraction of sp³-hybridized carbons (Fsp3) is 0.571. The van der Waals surface area contributed by atoms with Crippen molar-refractivity contribution >= 4 is 11.8 Å². The summed E-state index contributed by atoms with van der Waals surface area (Å²) in [6, 6.07) is 3.95. The molecular weight excluding hydrogens is 356 g/mol. The second kappa shape index (κ2) is 6.67. The standard InChI is InChI=1S/C21H26N4O3/c1-23-10-12-24(13-11-23)19(26)17-16-2-6-21(28-16)14-25(20(27)18(17)21)9-5-15-3-7-22-8-4-15/h2-4,6-8,16-18H,5,9-14H2,1H3/t16-,17-,18-,21-/m0/s1. The lowest BCUT2D eigenvalue weighted by Crippen LogP contribution is -2.52. The van der Waals surface area contributed by atoms with Crippen molar-refractivity contribution in [2.45, 2.75) is 18.1 Å². The smallest absolute Gasteiger partial charge is 0.230 e. The molecule has 0 saturated carbocycles. The number of pyridine rings is 1. The number of carbonyl (C=O) groups is 2. The van der Waals surface area contributed by atoms with Crippen LogP contribution in [0.25, 0.3) is 0 Å². The summed E-state index contributed by atoms with van der Waals surface area (Å²) in [5, 5.41) is 0. The summed E-state index contributed by atoms with van der Waals surface area (Å²) < 4.78 is 6.24. The minimum atomic E-state index is -0.618. The third-order valence-corrected chi connectivity index (χ3v) is 6.70. The maximum Gasteiger partial charge on any atom is 0.230 e. The summed E-state index contributed by atoms with van der Waals surface area (Å²) in [5.74, 6) is -0.619. The largest absolute Gasteiger partial charge is 0.360 e. The molecule has 28 heavy (non-hydrogen) atoms. The van der Waals surface area contributed by atoms with Gasteiger partial charge in [0, 0.05) is 45.1 Å². The first kappa shape index (κ1) is 17.8. The van der Waals surface area contributed by atoms with Crippen molar-refractivity contribution in [2.75, 3.05) is 46.3 Å². The average Bonchev–Trinajstić information content (AvgIpc) is 3.35. The molecule has 0 N–H and O–H groups in total. The number of amides is 2. The van der Waals surface area contributed by atoms with Crippen LogP contribution in [0.5, 0.6) is 0 Å². The van der Waals surface area contributed by atoms with E-state index in [0.29, 0.717) is 13.1 Å². The molecule has 2 bridgehead atoms. The van der Waals surface area contributed by atoms with E-state index in [-0.39, 0.29) is 29.8 Å². The highest BCUT2D eigenvalue weighted by atomic mass is 16.5. The minimum absolute atomic E-state index is 0.0633. The van der Waals surface area contributed by atoms with Crippen LogP contribution >= 0.6 is 0 Å². The summed E-state index contributed by atoms with van der Waals surface area (Å²) in [5.41, 5.74) is 0.538. The summed E-state index contributed by atoms with van der Waals surface area (Å²) in [7, 11) is 2.07. The van der Waals surface area contributed by atoms with E-state index in [4.69, 9.17) is 4.74 Å². The van der Waals surface area contributed by atoms with Gasteiger partial charge in [-0.05, 0) is 31.2 Å². The van der Waals surface area contributed by atoms with E-state index in [1.807, 2.05) is 34.1 Å². The van der Waals surface area contributed by atoms with E-state index >= 15 is 0 Å². The number of ether oxygens (including phenoxy) is 1. The lowest BCUT2D eigenvalue weighted by atomic mass is 9.76. The van der Waals surface area contributed by atoms with Crippen molar-refractivity contribution in [3.8, 4) is 0 Å². The number of rotatable bonds is 4. The molecule has 7 nitrogen and oxygen atoms in total. The first-order chi connectivity index (χ1) is 13.6. The van der Waals surface area contributed by atoms with Gasteiger partial charge in [-0.3, -0.25) is 14.6 Å². The lowest BCUT2D eigenvalue weighted by molar-refractivity contribution is -0.144. The molecule has 0 aromatic carbocycles. The Hall–Kier alpha value is -2.25. The number of nitrogens with zero attached hydrogens (tertiary/aromatic N) is 4. The van der Waals surface area contributed by atoms with Gasteiger partial charge >= 0.3 is 0 Å². The van der Waals surface area contributed by atoms with E-state index in [9.17, 15) is 9.59 Å². The third kappa shape index (κ3) is 2.76. The van der Waals surface area contributed by atoms with Gasteiger partial charge in [-0.1, -0.05) is 12.2 Å². The van der Waals surface area contributed by atoms with Crippen LogP contribution in [0.4, 0.5) is 0 Å². The number of fused-ring (bicyclic) bond motifs is 1. The van der Waals surface area contributed by atoms with Gasteiger partial charge in [-0.15, -0.1) is 0 Å². The van der Waals surface area contributed by atoms with Gasteiger partial charge in [0.25, 0.3) is 0 Å². The highest BCUT2D eigenvalue weighted by molar-refractivity contribution is 5.93. The fourth-order valence-corrected chi connectivity index (χ4v) is 5.10. The quantitative estimate of drug-likeness (QED) is 0.695. The highest BCUT2D eigenvalue weighted by Gasteiger charge is 2.67. The summed E-state index contributed by atoms with van der Waals surface area (Å²) in [6.07, 6.45) is 8.08. The van der Waals surface area contributed by atoms with Crippen LogP contribution in [0.3, 0.4) is 0 Å². The van der Waals surface area contributed by atoms with E-state index in [1.165, 1.54) is 0 Å². The zero-order chi connectivity index (χ0) is 19.3. The Kier molecular flexibility index (Phi) is 4.25.